The molecule has 4 rings (SSSR count). The van der Waals surface area contributed by atoms with Crippen LogP contribution in [0.15, 0.2) is 71.6 Å². The summed E-state index contributed by atoms with van der Waals surface area (Å²) in [7, 11) is 1.65. The van der Waals surface area contributed by atoms with Crippen LogP contribution in [0.2, 0.25) is 0 Å². The average molecular weight is 463 g/mol. The summed E-state index contributed by atoms with van der Waals surface area (Å²) in [6.45, 7) is 6.82. The molecule has 4 aromatic rings. The normalized spacial score (nSPS) is 11.2. The highest BCUT2D eigenvalue weighted by atomic mass is 32.2. The number of hydrogen-bond acceptors (Lipinski definition) is 5. The Morgan fingerprint density at radius 3 is 2.44 bits per heavy atom. The molecule has 0 fully saturated rings. The zero-order valence-corrected chi connectivity index (χ0v) is 20.3. The molecule has 0 saturated carbocycles. The topological polar surface area (TPSA) is 42.4 Å². The van der Waals surface area contributed by atoms with Gasteiger partial charge in [-0.2, -0.15) is 0 Å². The quantitative estimate of drug-likeness (QED) is 0.278. The van der Waals surface area contributed by atoms with E-state index in [2.05, 4.69) is 20.8 Å². The number of thiazole rings is 1. The van der Waals surface area contributed by atoms with E-state index in [0.717, 1.165) is 32.0 Å². The molecule has 4 nitrogen and oxygen atoms in total. The molecule has 0 radical (unpaired) electrons. The molecule has 164 valence electrons. The molecule has 6 heteroatoms. The molecule has 1 aromatic heterocycles. The number of carbonyl (C=O) groups excluding carboxylic acids is 1. The summed E-state index contributed by atoms with van der Waals surface area (Å²) in [6.07, 6.45) is 0. The number of ether oxygens (including phenoxy) is 1. The Bertz CT molecular complexity index is 1220. The number of methoxy groups -OCH3 is 1. The maximum absolute atomic E-state index is 13.7. The first-order chi connectivity index (χ1) is 15.5. The van der Waals surface area contributed by atoms with E-state index >= 15 is 0 Å². The van der Waals surface area contributed by atoms with Gasteiger partial charge in [-0.05, 0) is 48.4 Å². The largest absolute Gasteiger partial charge is 0.494 e. The molecule has 0 spiro atoms. The van der Waals surface area contributed by atoms with E-state index in [0.29, 0.717) is 22.5 Å². The maximum atomic E-state index is 13.7. The lowest BCUT2D eigenvalue weighted by molar-refractivity contribution is 0.0985. The molecule has 0 N–H and O–H groups in total. The van der Waals surface area contributed by atoms with E-state index in [1.807, 2.05) is 66.7 Å². The van der Waals surface area contributed by atoms with Crippen LogP contribution < -0.4 is 9.64 Å². The predicted molar refractivity (Wildman–Crippen MR) is 135 cm³/mol. The summed E-state index contributed by atoms with van der Waals surface area (Å²) in [4.78, 5) is 21.4. The Morgan fingerprint density at radius 1 is 1.06 bits per heavy atom. The average Bonchev–Trinajstić information content (AvgIpc) is 3.24. The lowest BCUT2D eigenvalue weighted by Crippen LogP contribution is -2.30. The van der Waals surface area contributed by atoms with Crippen LogP contribution in [-0.4, -0.2) is 23.3 Å². The fraction of sp³-hybridized carbons (Fsp3) is 0.231. The van der Waals surface area contributed by atoms with Crippen LogP contribution in [-0.2, 0) is 6.54 Å². The molecule has 0 aliphatic heterocycles. The summed E-state index contributed by atoms with van der Waals surface area (Å²) in [5.41, 5.74) is 3.61. The summed E-state index contributed by atoms with van der Waals surface area (Å²) >= 11 is 3.31. The number of thioether (sulfide) groups is 1. The third-order valence-electron chi connectivity index (χ3n) is 5.04. The number of benzene rings is 3. The van der Waals surface area contributed by atoms with Crippen molar-refractivity contribution in [3.8, 4) is 5.75 Å². The van der Waals surface area contributed by atoms with Gasteiger partial charge in [0.25, 0.3) is 5.91 Å². The second-order valence-corrected chi connectivity index (χ2v) is 10.5. The van der Waals surface area contributed by atoms with E-state index in [-0.39, 0.29) is 5.91 Å². The maximum Gasteiger partial charge on any atom is 0.260 e. The van der Waals surface area contributed by atoms with Crippen molar-refractivity contribution in [2.45, 2.75) is 37.5 Å². The van der Waals surface area contributed by atoms with Gasteiger partial charge in [-0.1, -0.05) is 61.6 Å². The lowest BCUT2D eigenvalue weighted by atomic mass is 10.1. The first-order valence-electron chi connectivity index (χ1n) is 10.5. The van der Waals surface area contributed by atoms with Gasteiger partial charge in [-0.3, -0.25) is 9.69 Å². The molecule has 0 bridgehead atoms. The SMILES string of the molecule is COc1ccc(C)c2sc(N(Cc3ccccc3)C(=O)c3ccc(SC(C)C)cc3)nc12. The molecular formula is C26H26N2O2S2. The monoisotopic (exact) mass is 462 g/mol. The van der Waals surface area contributed by atoms with Crippen LogP contribution in [0.3, 0.4) is 0 Å². The van der Waals surface area contributed by atoms with E-state index < -0.39 is 0 Å². The summed E-state index contributed by atoms with van der Waals surface area (Å²) in [5.74, 6) is 0.654. The fourth-order valence-electron chi connectivity index (χ4n) is 3.47. The standard InChI is InChI=1S/C26H26N2O2S2/c1-17(2)31-21-13-11-20(12-14-21)25(29)28(16-19-8-6-5-7-9-19)26-27-23-22(30-4)15-10-18(3)24(23)32-26/h5-15,17H,16H2,1-4H3. The molecule has 0 unspecified atom stereocenters. The van der Waals surface area contributed by atoms with Crippen molar-refractivity contribution in [1.82, 2.24) is 4.98 Å². The number of amides is 1. The van der Waals surface area contributed by atoms with Crippen molar-refractivity contribution >= 4 is 44.4 Å². The summed E-state index contributed by atoms with van der Waals surface area (Å²) in [6, 6.07) is 21.8. The predicted octanol–water partition coefficient (Wildman–Crippen LogP) is 6.96. The van der Waals surface area contributed by atoms with Crippen molar-refractivity contribution in [3.63, 3.8) is 0 Å². The van der Waals surface area contributed by atoms with E-state index in [9.17, 15) is 4.79 Å². The highest BCUT2D eigenvalue weighted by Gasteiger charge is 2.23. The van der Waals surface area contributed by atoms with Gasteiger partial charge in [-0.15, -0.1) is 11.8 Å². The van der Waals surface area contributed by atoms with E-state index in [4.69, 9.17) is 9.72 Å². The summed E-state index contributed by atoms with van der Waals surface area (Å²) in [5, 5.41) is 1.16. The number of nitrogens with zero attached hydrogens (tertiary/aromatic N) is 2. The first kappa shape index (κ1) is 22.4. The van der Waals surface area contributed by atoms with Gasteiger partial charge in [0.1, 0.15) is 11.3 Å². The van der Waals surface area contributed by atoms with Crippen molar-refractivity contribution in [1.29, 1.82) is 0 Å². The molecule has 32 heavy (non-hydrogen) atoms. The Morgan fingerprint density at radius 2 is 1.78 bits per heavy atom. The van der Waals surface area contributed by atoms with Crippen LogP contribution in [0, 0.1) is 6.92 Å². The molecule has 0 aliphatic rings. The van der Waals surface area contributed by atoms with Gasteiger partial charge in [0.15, 0.2) is 5.13 Å². The second kappa shape index (κ2) is 9.76. The third-order valence-corrected chi connectivity index (χ3v) is 7.27. The minimum absolute atomic E-state index is 0.0642. The first-order valence-corrected chi connectivity index (χ1v) is 12.2. The molecule has 3 aromatic carbocycles. The van der Waals surface area contributed by atoms with Crippen molar-refractivity contribution in [2.24, 2.45) is 0 Å². The Balaban J connectivity index is 1.74. The van der Waals surface area contributed by atoms with Crippen LogP contribution in [0.25, 0.3) is 10.2 Å². The lowest BCUT2D eigenvalue weighted by Gasteiger charge is -2.20. The molecule has 0 atom stereocenters. The van der Waals surface area contributed by atoms with Gasteiger partial charge in [0, 0.05) is 15.7 Å². The van der Waals surface area contributed by atoms with Crippen LogP contribution >= 0.6 is 23.1 Å². The van der Waals surface area contributed by atoms with Crippen LogP contribution in [0.5, 0.6) is 5.75 Å². The van der Waals surface area contributed by atoms with Gasteiger partial charge in [-0.25, -0.2) is 4.98 Å². The number of rotatable bonds is 7. The number of fused-ring (bicyclic) bond motifs is 1. The minimum Gasteiger partial charge on any atom is -0.494 e. The zero-order valence-electron chi connectivity index (χ0n) is 18.7. The van der Waals surface area contributed by atoms with Crippen molar-refractivity contribution in [2.75, 3.05) is 12.0 Å². The van der Waals surface area contributed by atoms with Gasteiger partial charge in [0.05, 0.1) is 18.4 Å². The Labute approximate surface area is 197 Å². The Hall–Kier alpha value is -2.83. The molecule has 1 amide bonds. The number of aromatic nitrogens is 1. The van der Waals surface area contributed by atoms with Crippen molar-refractivity contribution < 1.29 is 9.53 Å². The van der Waals surface area contributed by atoms with Crippen LogP contribution in [0.1, 0.15) is 35.3 Å². The van der Waals surface area contributed by atoms with Gasteiger partial charge < -0.3 is 4.74 Å². The summed E-state index contributed by atoms with van der Waals surface area (Å²) < 4.78 is 6.56. The van der Waals surface area contributed by atoms with E-state index in [1.54, 1.807) is 23.8 Å². The highest BCUT2D eigenvalue weighted by Crippen LogP contribution is 2.37. The van der Waals surface area contributed by atoms with Gasteiger partial charge in [0.2, 0.25) is 0 Å². The molecular weight excluding hydrogens is 436 g/mol. The fourth-order valence-corrected chi connectivity index (χ4v) is 5.36. The van der Waals surface area contributed by atoms with Crippen molar-refractivity contribution in [3.05, 3.63) is 83.4 Å². The minimum atomic E-state index is -0.0642. The van der Waals surface area contributed by atoms with E-state index in [1.165, 1.54) is 11.3 Å². The smallest absolute Gasteiger partial charge is 0.260 e. The number of anilines is 1. The number of carbonyl (C=O) groups is 1. The Kier molecular flexibility index (Phi) is 6.82. The number of aryl methyl sites for hydroxylation is 1. The highest BCUT2D eigenvalue weighted by molar-refractivity contribution is 7.99. The molecule has 0 aliphatic carbocycles. The zero-order chi connectivity index (χ0) is 22.7. The van der Waals surface area contributed by atoms with Gasteiger partial charge >= 0.3 is 0 Å². The second-order valence-electron chi connectivity index (χ2n) is 7.83. The number of hydrogen-bond donors (Lipinski definition) is 0. The molecule has 0 saturated heterocycles. The molecule has 1 heterocycles. The van der Waals surface area contributed by atoms with Crippen LogP contribution in [0.4, 0.5) is 5.13 Å². The third kappa shape index (κ3) is 4.81.